The molecule has 17 heavy (non-hydrogen) atoms. The fourth-order valence-electron chi connectivity index (χ4n) is 1.26. The summed E-state index contributed by atoms with van der Waals surface area (Å²) in [5.74, 6) is 0.454. The van der Waals surface area contributed by atoms with E-state index in [0.29, 0.717) is 24.4 Å². The highest BCUT2D eigenvalue weighted by Crippen LogP contribution is 2.24. The third-order valence-corrected chi connectivity index (χ3v) is 3.61. The van der Waals surface area contributed by atoms with Gasteiger partial charge in [0.25, 0.3) is 0 Å². The summed E-state index contributed by atoms with van der Waals surface area (Å²) in [4.78, 5) is 0.125. The summed E-state index contributed by atoms with van der Waals surface area (Å²) in [5, 5.41) is 0. The van der Waals surface area contributed by atoms with Gasteiger partial charge in [-0.25, -0.2) is 13.1 Å². The Hall–Kier alpha value is -1.53. The molecule has 5 nitrogen and oxygen atoms in total. The van der Waals surface area contributed by atoms with Gasteiger partial charge in [-0.05, 0) is 24.6 Å². The molecule has 1 aromatic carbocycles. The molecule has 0 saturated carbocycles. The van der Waals surface area contributed by atoms with Crippen LogP contribution in [0.3, 0.4) is 0 Å². The molecule has 0 unspecified atom stereocenters. The minimum Gasteiger partial charge on any atom is -0.495 e. The number of ether oxygens (including phenoxy) is 1. The lowest BCUT2D eigenvalue weighted by Crippen LogP contribution is -2.24. The topological polar surface area (TPSA) is 81.4 Å². The first kappa shape index (κ1) is 13.5. The number of hydrogen-bond donors (Lipinski definition) is 2. The van der Waals surface area contributed by atoms with Crippen LogP contribution < -0.4 is 15.2 Å². The Morgan fingerprint density at radius 3 is 2.76 bits per heavy atom. The van der Waals surface area contributed by atoms with Crippen LogP contribution in [0, 0.1) is 0 Å². The van der Waals surface area contributed by atoms with Crippen LogP contribution in [0.25, 0.3) is 0 Å². The first-order valence-electron chi connectivity index (χ1n) is 5.05. The molecule has 0 amide bonds. The second-order valence-corrected chi connectivity index (χ2v) is 5.15. The lowest BCUT2D eigenvalue weighted by atomic mass is 10.3. The molecule has 1 aromatic rings. The zero-order valence-electron chi connectivity index (χ0n) is 9.64. The highest BCUT2D eigenvalue weighted by Gasteiger charge is 2.14. The minimum atomic E-state index is -3.51. The summed E-state index contributed by atoms with van der Waals surface area (Å²) < 4.78 is 31.0. The van der Waals surface area contributed by atoms with Crippen molar-refractivity contribution in [3.8, 4) is 5.75 Å². The maximum Gasteiger partial charge on any atom is 0.240 e. The van der Waals surface area contributed by atoms with Gasteiger partial charge in [0.1, 0.15) is 5.75 Å². The van der Waals surface area contributed by atoms with Crippen molar-refractivity contribution in [3.63, 3.8) is 0 Å². The normalized spacial score (nSPS) is 11.1. The Balaban J connectivity index is 2.91. The SMILES string of the molecule is C=CCCNS(=O)(=O)c1ccc(OC)c(N)c1. The van der Waals surface area contributed by atoms with Crippen molar-refractivity contribution in [2.24, 2.45) is 0 Å². The van der Waals surface area contributed by atoms with Gasteiger partial charge in [-0.3, -0.25) is 0 Å². The predicted octanol–water partition coefficient (Wildman–Crippen LogP) is 1.13. The molecule has 0 saturated heterocycles. The molecule has 0 bridgehead atoms. The van der Waals surface area contributed by atoms with Crippen LogP contribution in [0.15, 0.2) is 35.7 Å². The highest BCUT2D eigenvalue weighted by molar-refractivity contribution is 7.89. The number of anilines is 1. The molecule has 3 N–H and O–H groups in total. The van der Waals surface area contributed by atoms with Crippen molar-refractivity contribution in [1.29, 1.82) is 0 Å². The van der Waals surface area contributed by atoms with Crippen LogP contribution >= 0.6 is 0 Å². The second-order valence-electron chi connectivity index (χ2n) is 3.38. The molecule has 0 atom stereocenters. The first-order chi connectivity index (χ1) is 8.01. The smallest absolute Gasteiger partial charge is 0.240 e. The average molecular weight is 256 g/mol. The Labute approximate surface area is 101 Å². The average Bonchev–Trinajstić information content (AvgIpc) is 2.29. The third kappa shape index (κ3) is 3.47. The maximum atomic E-state index is 11.8. The van der Waals surface area contributed by atoms with Crippen LogP contribution in [0.2, 0.25) is 0 Å². The highest BCUT2D eigenvalue weighted by atomic mass is 32.2. The molecule has 0 heterocycles. The zero-order chi connectivity index (χ0) is 12.9. The number of nitrogens with one attached hydrogen (secondary N) is 1. The van der Waals surface area contributed by atoms with Gasteiger partial charge >= 0.3 is 0 Å². The van der Waals surface area contributed by atoms with E-state index in [4.69, 9.17) is 10.5 Å². The van der Waals surface area contributed by atoms with Crippen LogP contribution in [-0.4, -0.2) is 22.1 Å². The van der Waals surface area contributed by atoms with Crippen LogP contribution in [0.1, 0.15) is 6.42 Å². The second kappa shape index (κ2) is 5.70. The van der Waals surface area contributed by atoms with Gasteiger partial charge in [-0.2, -0.15) is 0 Å². The number of rotatable bonds is 6. The van der Waals surface area contributed by atoms with E-state index in [-0.39, 0.29) is 4.90 Å². The Morgan fingerprint density at radius 1 is 1.53 bits per heavy atom. The molecule has 0 aromatic heterocycles. The molecular weight excluding hydrogens is 240 g/mol. The molecule has 6 heteroatoms. The van der Waals surface area contributed by atoms with Gasteiger partial charge in [0, 0.05) is 6.54 Å². The number of nitrogens with two attached hydrogens (primary N) is 1. The number of sulfonamides is 1. The zero-order valence-corrected chi connectivity index (χ0v) is 10.5. The monoisotopic (exact) mass is 256 g/mol. The Kier molecular flexibility index (Phi) is 4.53. The van der Waals surface area contributed by atoms with Crippen LogP contribution in [0.5, 0.6) is 5.75 Å². The fraction of sp³-hybridized carbons (Fsp3) is 0.273. The lowest BCUT2D eigenvalue weighted by molar-refractivity contribution is 0.416. The molecule has 0 spiro atoms. The van der Waals surface area contributed by atoms with Gasteiger partial charge in [0.05, 0.1) is 17.7 Å². The van der Waals surface area contributed by atoms with Crippen molar-refractivity contribution in [2.75, 3.05) is 19.4 Å². The van der Waals surface area contributed by atoms with Gasteiger partial charge in [-0.1, -0.05) is 6.08 Å². The predicted molar refractivity (Wildman–Crippen MR) is 67.4 cm³/mol. The molecule has 0 aliphatic heterocycles. The summed E-state index contributed by atoms with van der Waals surface area (Å²) in [6, 6.07) is 4.35. The lowest BCUT2D eigenvalue weighted by Gasteiger charge is -2.08. The quantitative estimate of drug-likeness (QED) is 0.454. The van der Waals surface area contributed by atoms with Crippen molar-refractivity contribution < 1.29 is 13.2 Å². The van der Waals surface area contributed by atoms with Crippen molar-refractivity contribution in [2.45, 2.75) is 11.3 Å². The number of nitrogen functional groups attached to an aromatic ring is 1. The minimum absolute atomic E-state index is 0.125. The summed E-state index contributed by atoms with van der Waals surface area (Å²) in [5.41, 5.74) is 5.94. The maximum absolute atomic E-state index is 11.8. The summed E-state index contributed by atoms with van der Waals surface area (Å²) in [7, 11) is -2.04. The summed E-state index contributed by atoms with van der Waals surface area (Å²) in [6.07, 6.45) is 2.22. The molecule has 94 valence electrons. The summed E-state index contributed by atoms with van der Waals surface area (Å²) >= 11 is 0. The van der Waals surface area contributed by atoms with Crippen LogP contribution in [-0.2, 0) is 10.0 Å². The van der Waals surface area contributed by atoms with E-state index in [1.54, 1.807) is 6.08 Å². The number of methoxy groups -OCH3 is 1. The molecule has 0 radical (unpaired) electrons. The Bertz CT molecular complexity index is 497. The van der Waals surface area contributed by atoms with E-state index in [1.165, 1.54) is 25.3 Å². The van der Waals surface area contributed by atoms with E-state index in [1.807, 2.05) is 0 Å². The van der Waals surface area contributed by atoms with Gasteiger partial charge in [0.15, 0.2) is 0 Å². The Morgan fingerprint density at radius 2 is 2.24 bits per heavy atom. The van der Waals surface area contributed by atoms with Crippen molar-refractivity contribution in [1.82, 2.24) is 4.72 Å². The molecule has 0 fully saturated rings. The molecule has 1 rings (SSSR count). The van der Waals surface area contributed by atoms with E-state index < -0.39 is 10.0 Å². The summed E-state index contributed by atoms with van der Waals surface area (Å²) in [6.45, 7) is 3.84. The van der Waals surface area contributed by atoms with Crippen molar-refractivity contribution in [3.05, 3.63) is 30.9 Å². The third-order valence-electron chi connectivity index (χ3n) is 2.15. The van der Waals surface area contributed by atoms with Gasteiger partial charge < -0.3 is 10.5 Å². The molecule has 0 aliphatic carbocycles. The fourth-order valence-corrected chi connectivity index (χ4v) is 2.34. The largest absolute Gasteiger partial charge is 0.495 e. The van der Waals surface area contributed by atoms with Crippen LogP contribution in [0.4, 0.5) is 5.69 Å². The van der Waals surface area contributed by atoms with E-state index in [2.05, 4.69) is 11.3 Å². The van der Waals surface area contributed by atoms with E-state index in [9.17, 15) is 8.42 Å². The van der Waals surface area contributed by atoms with E-state index >= 15 is 0 Å². The number of benzene rings is 1. The van der Waals surface area contributed by atoms with Crippen molar-refractivity contribution >= 4 is 15.7 Å². The molecule has 0 aliphatic rings. The molecular formula is C11H16N2O3S. The van der Waals surface area contributed by atoms with E-state index in [0.717, 1.165) is 0 Å². The first-order valence-corrected chi connectivity index (χ1v) is 6.53. The standard InChI is InChI=1S/C11H16N2O3S/c1-3-4-7-13-17(14,15)9-5-6-11(16-2)10(12)8-9/h3,5-6,8,13H,1,4,7,12H2,2H3. The van der Waals surface area contributed by atoms with Gasteiger partial charge in [0.2, 0.25) is 10.0 Å². The van der Waals surface area contributed by atoms with Gasteiger partial charge in [-0.15, -0.1) is 6.58 Å². The number of hydrogen-bond acceptors (Lipinski definition) is 4.